The van der Waals surface area contributed by atoms with E-state index in [1.807, 2.05) is 23.1 Å². The molecule has 0 saturated carbocycles. The highest BCUT2D eigenvalue weighted by Crippen LogP contribution is 2.29. The Morgan fingerprint density at radius 2 is 1.82 bits per heavy atom. The molecule has 4 rings (SSSR count). The van der Waals surface area contributed by atoms with E-state index in [4.69, 9.17) is 11.6 Å². The Bertz CT molecular complexity index is 1220. The summed E-state index contributed by atoms with van der Waals surface area (Å²) in [6, 6.07) is 13.6. The number of hydrogen-bond acceptors (Lipinski definition) is 5. The van der Waals surface area contributed by atoms with Gasteiger partial charge in [-0.15, -0.1) is 10.2 Å². The van der Waals surface area contributed by atoms with Crippen molar-refractivity contribution < 1.29 is 17.2 Å². The van der Waals surface area contributed by atoms with Gasteiger partial charge in [-0.2, -0.15) is 0 Å². The van der Waals surface area contributed by atoms with Crippen molar-refractivity contribution in [3.8, 4) is 11.1 Å². The summed E-state index contributed by atoms with van der Waals surface area (Å²) in [6.07, 6.45) is 1.09. The molecule has 0 aliphatic carbocycles. The quantitative estimate of drug-likeness (QED) is 0.535. The van der Waals surface area contributed by atoms with Gasteiger partial charge in [0.2, 0.25) is 10.0 Å². The van der Waals surface area contributed by atoms with Gasteiger partial charge < -0.3 is 4.90 Å². The summed E-state index contributed by atoms with van der Waals surface area (Å²) in [5, 5.41) is 8.36. The lowest BCUT2D eigenvalue weighted by Crippen LogP contribution is -2.46. The van der Waals surface area contributed by atoms with Gasteiger partial charge >= 0.3 is 0 Å². The summed E-state index contributed by atoms with van der Waals surface area (Å²) in [5.41, 5.74) is 2.01. The molecule has 33 heavy (non-hydrogen) atoms. The highest BCUT2D eigenvalue weighted by Gasteiger charge is 2.37. The summed E-state index contributed by atoms with van der Waals surface area (Å²) in [6.45, 7) is 2.18. The molecule has 0 radical (unpaired) electrons. The number of nitrogens with one attached hydrogen (secondary N) is 1. The fourth-order valence-electron chi connectivity index (χ4n) is 4.14. The van der Waals surface area contributed by atoms with Crippen LogP contribution >= 0.6 is 11.6 Å². The van der Waals surface area contributed by atoms with Crippen molar-refractivity contribution in [2.45, 2.75) is 31.8 Å². The third kappa shape index (κ3) is 5.66. The van der Waals surface area contributed by atoms with E-state index >= 15 is 0 Å². The molecule has 10 heteroatoms. The number of halogens is 3. The molecule has 1 aliphatic heterocycles. The molecule has 0 bridgehead atoms. The summed E-state index contributed by atoms with van der Waals surface area (Å²) < 4.78 is 54.8. The molecule has 6 nitrogen and oxygen atoms in total. The lowest BCUT2D eigenvalue weighted by atomic mass is 9.97. The van der Waals surface area contributed by atoms with E-state index in [1.165, 1.54) is 12.1 Å². The van der Waals surface area contributed by atoms with Crippen molar-refractivity contribution in [1.29, 1.82) is 0 Å². The number of anilines is 1. The Balaban J connectivity index is 1.65. The largest absolute Gasteiger partial charge is 0.350 e. The van der Waals surface area contributed by atoms with Crippen LogP contribution in [-0.4, -0.2) is 43.0 Å². The Morgan fingerprint density at radius 1 is 1.06 bits per heavy atom. The second-order valence-corrected chi connectivity index (χ2v) is 10.4. The number of benzene rings is 2. The van der Waals surface area contributed by atoms with Crippen molar-refractivity contribution >= 4 is 27.4 Å². The number of nitrogens with zero attached hydrogens (tertiary/aromatic N) is 3. The molecular formula is C23H23ClF2N4O2S. The standard InChI is InChI=1S/C23H23ClF2N4O2S/c1-2-33(31,32)29-20-8-9-30(23-7-6-22(24)27-28-23)21(20)11-15-4-3-5-16(10-15)17-12-18(25)14-19(26)13-17/h3-7,10,12-14,20-21,29H,2,8-9,11H2,1H3/t20-,21-/m0/s1. The first-order valence-corrected chi connectivity index (χ1v) is 12.6. The molecule has 3 aromatic rings. The molecule has 2 atom stereocenters. The van der Waals surface area contributed by atoms with Crippen molar-refractivity contribution in [1.82, 2.24) is 14.9 Å². The minimum Gasteiger partial charge on any atom is -0.350 e. The molecule has 1 fully saturated rings. The molecule has 1 saturated heterocycles. The molecule has 1 aromatic heterocycles. The van der Waals surface area contributed by atoms with Gasteiger partial charge in [0.25, 0.3) is 0 Å². The van der Waals surface area contributed by atoms with Crippen LogP contribution in [0.5, 0.6) is 0 Å². The van der Waals surface area contributed by atoms with Gasteiger partial charge in [0.15, 0.2) is 11.0 Å². The van der Waals surface area contributed by atoms with Crippen molar-refractivity contribution in [2.75, 3.05) is 17.2 Å². The topological polar surface area (TPSA) is 75.2 Å². The minimum absolute atomic E-state index is 0.0163. The minimum atomic E-state index is -3.42. The first kappa shape index (κ1) is 23.5. The number of rotatable bonds is 7. The number of hydrogen-bond donors (Lipinski definition) is 1. The predicted octanol–water partition coefficient (Wildman–Crippen LogP) is 4.20. The highest BCUT2D eigenvalue weighted by atomic mass is 35.5. The monoisotopic (exact) mass is 492 g/mol. The molecule has 0 unspecified atom stereocenters. The van der Waals surface area contributed by atoms with Crippen molar-refractivity contribution in [2.24, 2.45) is 0 Å². The zero-order valence-corrected chi connectivity index (χ0v) is 19.5. The van der Waals surface area contributed by atoms with Crippen LogP contribution in [0.3, 0.4) is 0 Å². The molecule has 174 valence electrons. The third-order valence-electron chi connectivity index (χ3n) is 5.74. The molecule has 0 amide bonds. The second-order valence-electron chi connectivity index (χ2n) is 7.95. The zero-order valence-electron chi connectivity index (χ0n) is 17.9. The fraction of sp³-hybridized carbons (Fsp3) is 0.304. The van der Waals surface area contributed by atoms with E-state index in [-0.39, 0.29) is 23.0 Å². The summed E-state index contributed by atoms with van der Waals surface area (Å²) >= 11 is 5.88. The van der Waals surface area contributed by atoms with Gasteiger partial charge in [0.05, 0.1) is 11.8 Å². The van der Waals surface area contributed by atoms with Crippen LogP contribution in [-0.2, 0) is 16.4 Å². The van der Waals surface area contributed by atoms with E-state index < -0.39 is 21.7 Å². The Kier molecular flexibility index (Phi) is 6.92. The smallest absolute Gasteiger partial charge is 0.211 e. The van der Waals surface area contributed by atoms with Crippen LogP contribution in [0.1, 0.15) is 18.9 Å². The van der Waals surface area contributed by atoms with E-state index in [0.29, 0.717) is 36.3 Å². The predicted molar refractivity (Wildman–Crippen MR) is 125 cm³/mol. The zero-order chi connectivity index (χ0) is 23.6. The van der Waals surface area contributed by atoms with Crippen LogP contribution < -0.4 is 9.62 Å². The Labute approximate surface area is 196 Å². The van der Waals surface area contributed by atoms with E-state index in [1.54, 1.807) is 25.1 Å². The first-order valence-electron chi connectivity index (χ1n) is 10.6. The van der Waals surface area contributed by atoms with Gasteiger partial charge in [-0.1, -0.05) is 35.9 Å². The first-order chi connectivity index (χ1) is 15.7. The lowest BCUT2D eigenvalue weighted by molar-refractivity contribution is 0.511. The highest BCUT2D eigenvalue weighted by molar-refractivity contribution is 7.89. The maximum absolute atomic E-state index is 13.7. The van der Waals surface area contributed by atoms with E-state index in [9.17, 15) is 17.2 Å². The van der Waals surface area contributed by atoms with E-state index in [2.05, 4.69) is 14.9 Å². The Hall–Kier alpha value is -2.62. The third-order valence-corrected chi connectivity index (χ3v) is 7.36. The molecule has 0 spiro atoms. The molecular weight excluding hydrogens is 470 g/mol. The van der Waals surface area contributed by atoms with Crippen LogP contribution in [0, 0.1) is 11.6 Å². The molecule has 1 aliphatic rings. The van der Waals surface area contributed by atoms with Gasteiger partial charge in [-0.3, -0.25) is 0 Å². The average molecular weight is 493 g/mol. The summed E-state index contributed by atoms with van der Waals surface area (Å²) in [4.78, 5) is 2.01. The SMILES string of the molecule is CCS(=O)(=O)N[C@H]1CCN(c2ccc(Cl)nn2)[C@H]1Cc1cccc(-c2cc(F)cc(F)c2)c1. The number of aromatic nitrogens is 2. The second kappa shape index (κ2) is 9.70. The molecule has 1 N–H and O–H groups in total. The number of sulfonamides is 1. The van der Waals surface area contributed by atoms with Crippen molar-refractivity contribution in [3.63, 3.8) is 0 Å². The molecule has 2 heterocycles. The average Bonchev–Trinajstić information content (AvgIpc) is 3.15. The normalized spacial score (nSPS) is 18.6. The van der Waals surface area contributed by atoms with Crippen LogP contribution in [0.15, 0.2) is 54.6 Å². The maximum atomic E-state index is 13.7. The maximum Gasteiger partial charge on any atom is 0.211 e. The lowest BCUT2D eigenvalue weighted by Gasteiger charge is -2.29. The van der Waals surface area contributed by atoms with Gasteiger partial charge in [-0.05, 0) is 60.7 Å². The van der Waals surface area contributed by atoms with Crippen molar-refractivity contribution in [3.05, 3.63) is 76.9 Å². The molecule has 2 aromatic carbocycles. The van der Waals surface area contributed by atoms with Gasteiger partial charge in [0, 0.05) is 18.7 Å². The Morgan fingerprint density at radius 3 is 2.48 bits per heavy atom. The summed E-state index contributed by atoms with van der Waals surface area (Å²) in [5.74, 6) is -0.705. The van der Waals surface area contributed by atoms with Gasteiger partial charge in [-0.25, -0.2) is 21.9 Å². The summed E-state index contributed by atoms with van der Waals surface area (Å²) in [7, 11) is -3.42. The van der Waals surface area contributed by atoms with Crippen LogP contribution in [0.25, 0.3) is 11.1 Å². The fourth-order valence-corrected chi connectivity index (χ4v) is 5.15. The van der Waals surface area contributed by atoms with Crippen LogP contribution in [0.2, 0.25) is 5.15 Å². The van der Waals surface area contributed by atoms with Crippen LogP contribution in [0.4, 0.5) is 14.6 Å². The van der Waals surface area contributed by atoms with Gasteiger partial charge in [0.1, 0.15) is 11.6 Å². The van der Waals surface area contributed by atoms with E-state index in [0.717, 1.165) is 11.6 Å².